The van der Waals surface area contributed by atoms with Crippen molar-refractivity contribution in [2.45, 2.75) is 25.3 Å². The van der Waals surface area contributed by atoms with Crippen LogP contribution in [0.15, 0.2) is 54.6 Å². The average Bonchev–Trinajstić information content (AvgIpc) is 2.51. The van der Waals surface area contributed by atoms with E-state index in [4.69, 9.17) is 11.6 Å². The molecule has 0 unspecified atom stereocenters. The molecular weight excluding hydrogens is 266 g/mol. The molecule has 1 heterocycles. The second kappa shape index (κ2) is 6.43. The van der Waals surface area contributed by atoms with Crippen LogP contribution in [0.5, 0.6) is 0 Å². The lowest BCUT2D eigenvalue weighted by molar-refractivity contribution is -0.919. The van der Waals surface area contributed by atoms with Crippen molar-refractivity contribution in [1.82, 2.24) is 0 Å². The largest absolute Gasteiger partial charge is 0.331 e. The molecule has 3 rings (SSSR count). The van der Waals surface area contributed by atoms with Crippen molar-refractivity contribution in [2.75, 3.05) is 13.1 Å². The van der Waals surface area contributed by atoms with Crippen LogP contribution in [0.1, 0.15) is 29.9 Å². The van der Waals surface area contributed by atoms with Crippen molar-refractivity contribution in [3.05, 3.63) is 70.7 Å². The Morgan fingerprint density at radius 3 is 2.20 bits per heavy atom. The number of nitrogens with one attached hydrogen (secondary N) is 1. The summed E-state index contributed by atoms with van der Waals surface area (Å²) in [4.78, 5) is 1.69. The van der Waals surface area contributed by atoms with Crippen molar-refractivity contribution in [1.29, 1.82) is 0 Å². The number of benzene rings is 2. The standard InChI is InChI=1S/C18H20ClN/c19-18-8-6-15(7-9-18)14-20-12-10-17(11-13-20)16-4-2-1-3-5-16/h1-9,17H,10-14H2/p+1. The SMILES string of the molecule is Clc1ccc(C[NH+]2CCC(c3ccccc3)CC2)cc1. The molecule has 2 aromatic rings. The van der Waals surface area contributed by atoms with E-state index in [1.54, 1.807) is 4.90 Å². The molecule has 104 valence electrons. The highest BCUT2D eigenvalue weighted by atomic mass is 35.5. The minimum absolute atomic E-state index is 0.755. The molecule has 0 bridgehead atoms. The smallest absolute Gasteiger partial charge is 0.103 e. The topological polar surface area (TPSA) is 4.44 Å². The average molecular weight is 287 g/mol. The maximum absolute atomic E-state index is 5.93. The highest BCUT2D eigenvalue weighted by molar-refractivity contribution is 6.30. The predicted molar refractivity (Wildman–Crippen MR) is 84.3 cm³/mol. The van der Waals surface area contributed by atoms with Gasteiger partial charge in [-0.25, -0.2) is 0 Å². The Morgan fingerprint density at radius 1 is 0.900 bits per heavy atom. The molecule has 1 aliphatic heterocycles. The third kappa shape index (κ3) is 3.41. The van der Waals surface area contributed by atoms with E-state index in [1.807, 2.05) is 12.1 Å². The predicted octanol–water partition coefficient (Wildman–Crippen LogP) is 3.30. The van der Waals surface area contributed by atoms with E-state index in [1.165, 1.54) is 37.1 Å². The maximum atomic E-state index is 5.93. The Hall–Kier alpha value is -1.31. The number of piperidine rings is 1. The number of halogens is 1. The third-order valence-corrected chi connectivity index (χ3v) is 4.58. The quantitative estimate of drug-likeness (QED) is 0.883. The summed E-state index contributed by atoms with van der Waals surface area (Å²) in [5, 5.41) is 0.825. The number of likely N-dealkylation sites (tertiary alicyclic amines) is 1. The summed E-state index contributed by atoms with van der Waals surface area (Å²) in [6.07, 6.45) is 2.60. The molecule has 1 nitrogen and oxygen atoms in total. The van der Waals surface area contributed by atoms with Gasteiger partial charge in [0.2, 0.25) is 0 Å². The number of hydrogen-bond acceptors (Lipinski definition) is 0. The molecule has 0 aliphatic carbocycles. The van der Waals surface area contributed by atoms with Gasteiger partial charge < -0.3 is 4.90 Å². The molecular formula is C18H21ClN+. The van der Waals surface area contributed by atoms with Gasteiger partial charge in [0.25, 0.3) is 0 Å². The minimum Gasteiger partial charge on any atom is -0.331 e. The van der Waals surface area contributed by atoms with Crippen LogP contribution in [-0.2, 0) is 6.54 Å². The van der Waals surface area contributed by atoms with Crippen LogP contribution in [-0.4, -0.2) is 13.1 Å². The lowest BCUT2D eigenvalue weighted by atomic mass is 9.89. The molecule has 0 saturated carbocycles. The molecule has 0 spiro atoms. The van der Waals surface area contributed by atoms with Gasteiger partial charge in [-0.2, -0.15) is 0 Å². The van der Waals surface area contributed by atoms with E-state index in [-0.39, 0.29) is 0 Å². The van der Waals surface area contributed by atoms with Crippen molar-refractivity contribution in [3.63, 3.8) is 0 Å². The first-order valence-electron chi connectivity index (χ1n) is 7.44. The molecule has 1 N–H and O–H groups in total. The summed E-state index contributed by atoms with van der Waals surface area (Å²) in [5.41, 5.74) is 2.90. The Morgan fingerprint density at radius 2 is 1.55 bits per heavy atom. The van der Waals surface area contributed by atoms with Gasteiger partial charge >= 0.3 is 0 Å². The molecule has 1 fully saturated rings. The fraction of sp³-hybridized carbons (Fsp3) is 0.333. The van der Waals surface area contributed by atoms with Crippen LogP contribution in [0.3, 0.4) is 0 Å². The van der Waals surface area contributed by atoms with E-state index in [0.717, 1.165) is 17.5 Å². The van der Waals surface area contributed by atoms with Crippen molar-refractivity contribution in [3.8, 4) is 0 Å². The van der Waals surface area contributed by atoms with Gasteiger partial charge in [0.1, 0.15) is 6.54 Å². The summed E-state index contributed by atoms with van der Waals surface area (Å²) in [6.45, 7) is 3.66. The van der Waals surface area contributed by atoms with Crippen molar-refractivity contribution < 1.29 is 4.90 Å². The van der Waals surface area contributed by atoms with Gasteiger partial charge in [0.15, 0.2) is 0 Å². The molecule has 20 heavy (non-hydrogen) atoms. The molecule has 2 aromatic carbocycles. The number of quaternary nitrogens is 1. The fourth-order valence-corrected chi connectivity index (χ4v) is 3.28. The summed E-state index contributed by atoms with van der Waals surface area (Å²) in [5.74, 6) is 0.755. The lowest BCUT2D eigenvalue weighted by Crippen LogP contribution is -3.11. The van der Waals surface area contributed by atoms with E-state index in [9.17, 15) is 0 Å². The van der Waals surface area contributed by atoms with Gasteiger partial charge in [0.05, 0.1) is 13.1 Å². The number of rotatable bonds is 3. The van der Waals surface area contributed by atoms with Crippen LogP contribution in [0, 0.1) is 0 Å². The molecule has 2 heteroatoms. The summed E-state index contributed by atoms with van der Waals surface area (Å²) < 4.78 is 0. The normalized spacial score (nSPS) is 22.6. The summed E-state index contributed by atoms with van der Waals surface area (Å²) in [6, 6.07) is 19.2. The Balaban J connectivity index is 1.55. The minimum atomic E-state index is 0.755. The van der Waals surface area contributed by atoms with Gasteiger partial charge in [-0.05, 0) is 23.6 Å². The molecule has 1 aliphatic rings. The molecule has 1 saturated heterocycles. The van der Waals surface area contributed by atoms with Crippen LogP contribution in [0.25, 0.3) is 0 Å². The molecule has 0 aromatic heterocycles. The van der Waals surface area contributed by atoms with E-state index in [2.05, 4.69) is 42.5 Å². The van der Waals surface area contributed by atoms with Gasteiger partial charge in [-0.15, -0.1) is 0 Å². The maximum Gasteiger partial charge on any atom is 0.103 e. The highest BCUT2D eigenvalue weighted by Gasteiger charge is 2.23. The summed E-state index contributed by atoms with van der Waals surface area (Å²) in [7, 11) is 0. The van der Waals surface area contributed by atoms with E-state index >= 15 is 0 Å². The van der Waals surface area contributed by atoms with Gasteiger partial charge in [-0.3, -0.25) is 0 Å². The molecule has 0 atom stereocenters. The highest BCUT2D eigenvalue weighted by Crippen LogP contribution is 2.23. The van der Waals surface area contributed by atoms with E-state index in [0.29, 0.717) is 0 Å². The van der Waals surface area contributed by atoms with Crippen LogP contribution in [0.2, 0.25) is 5.02 Å². The fourth-order valence-electron chi connectivity index (χ4n) is 3.15. The van der Waals surface area contributed by atoms with Crippen LogP contribution < -0.4 is 4.90 Å². The molecule has 0 radical (unpaired) electrons. The van der Waals surface area contributed by atoms with Crippen LogP contribution in [0.4, 0.5) is 0 Å². The summed E-state index contributed by atoms with van der Waals surface area (Å²) >= 11 is 5.93. The Labute approximate surface area is 126 Å². The van der Waals surface area contributed by atoms with Crippen LogP contribution >= 0.6 is 11.6 Å². The van der Waals surface area contributed by atoms with Crippen molar-refractivity contribution in [2.24, 2.45) is 0 Å². The Kier molecular flexibility index (Phi) is 4.39. The van der Waals surface area contributed by atoms with Crippen molar-refractivity contribution >= 4 is 11.6 Å². The zero-order valence-electron chi connectivity index (χ0n) is 11.7. The monoisotopic (exact) mass is 286 g/mol. The lowest BCUT2D eigenvalue weighted by Gasteiger charge is -2.29. The van der Waals surface area contributed by atoms with E-state index < -0.39 is 0 Å². The first-order valence-corrected chi connectivity index (χ1v) is 7.82. The first-order chi connectivity index (χ1) is 9.81. The van der Waals surface area contributed by atoms with Gasteiger partial charge in [-0.1, -0.05) is 54.1 Å². The zero-order chi connectivity index (χ0) is 13.8. The third-order valence-electron chi connectivity index (χ3n) is 4.33. The second-order valence-corrected chi connectivity index (χ2v) is 6.17. The second-order valence-electron chi connectivity index (χ2n) is 5.74. The number of hydrogen-bond donors (Lipinski definition) is 1. The Bertz CT molecular complexity index is 527. The zero-order valence-corrected chi connectivity index (χ0v) is 12.4. The molecule has 0 amide bonds. The first kappa shape index (κ1) is 13.7. The van der Waals surface area contributed by atoms with Gasteiger partial charge in [0, 0.05) is 23.4 Å².